The van der Waals surface area contributed by atoms with Crippen molar-refractivity contribution >= 4 is 13.7 Å². The van der Waals surface area contributed by atoms with E-state index in [1.54, 1.807) is 6.08 Å². The molecule has 0 aliphatic rings. The maximum Gasteiger partial charge on any atom is 0.472 e. The number of rotatable bonds is 55. The van der Waals surface area contributed by atoms with Gasteiger partial charge in [0, 0.05) is 6.42 Å². The number of allylic oxidation sites excluding steroid dienone is 5. The van der Waals surface area contributed by atoms with E-state index in [9.17, 15) is 19.4 Å². The average Bonchev–Trinajstić information content (AvgIpc) is 3.31. The highest BCUT2D eigenvalue weighted by atomic mass is 31.2. The summed E-state index contributed by atoms with van der Waals surface area (Å²) in [5, 5.41) is 13.8. The zero-order chi connectivity index (χ0) is 50.6. The predicted molar refractivity (Wildman–Crippen MR) is 300 cm³/mol. The maximum absolute atomic E-state index is 12.9. The highest BCUT2D eigenvalue weighted by Gasteiger charge is 2.27. The minimum atomic E-state index is -4.35. The van der Waals surface area contributed by atoms with Gasteiger partial charge in [-0.3, -0.25) is 13.8 Å². The summed E-state index contributed by atoms with van der Waals surface area (Å²) in [6, 6.07) is -0.866. The van der Waals surface area contributed by atoms with E-state index in [1.165, 1.54) is 218 Å². The number of hydrogen-bond donors (Lipinski definition) is 3. The van der Waals surface area contributed by atoms with Gasteiger partial charge >= 0.3 is 7.82 Å². The molecule has 3 N–H and O–H groups in total. The van der Waals surface area contributed by atoms with Crippen LogP contribution in [0.1, 0.15) is 290 Å². The minimum absolute atomic E-state index is 0.0546. The standard InChI is InChI=1S/C60H117N2O6P/c1-6-8-10-12-14-16-18-19-20-21-22-23-24-25-26-27-28-29-30-31-32-33-34-35-36-37-38-39-40-41-42-44-46-48-50-52-54-60(64)61-58(57-68-69(65,66)67-56-55-62(3,4)5)59(63)53-51-49-47-45-43-17-15-13-11-9-7-2/h11,13,43,45,51,53,58-59,63H,6-10,12,14-42,44,46-50,52,54-57H2,1-5H3,(H-,61,64,65,66)/p+1/b13-11+,45-43+,53-51+. The molecule has 0 fully saturated rings. The van der Waals surface area contributed by atoms with Gasteiger partial charge in [0.05, 0.1) is 39.9 Å². The van der Waals surface area contributed by atoms with Crippen molar-refractivity contribution in [1.29, 1.82) is 0 Å². The Morgan fingerprint density at radius 3 is 1.13 bits per heavy atom. The number of phosphoric ester groups is 1. The molecule has 0 spiro atoms. The number of hydrogen-bond acceptors (Lipinski definition) is 5. The Morgan fingerprint density at radius 2 is 0.797 bits per heavy atom. The number of unbranched alkanes of at least 4 members (excludes halogenated alkanes) is 38. The summed E-state index contributed by atoms with van der Waals surface area (Å²) in [7, 11) is 1.55. The molecule has 9 heteroatoms. The molecule has 0 saturated heterocycles. The van der Waals surface area contributed by atoms with Gasteiger partial charge in [0.25, 0.3) is 0 Å². The van der Waals surface area contributed by atoms with Crippen LogP contribution in [0.4, 0.5) is 0 Å². The van der Waals surface area contributed by atoms with Crippen LogP contribution in [0.5, 0.6) is 0 Å². The van der Waals surface area contributed by atoms with Crippen molar-refractivity contribution in [2.45, 2.75) is 302 Å². The summed E-state index contributed by atoms with van der Waals surface area (Å²) in [6.07, 6.45) is 67.3. The van der Waals surface area contributed by atoms with Gasteiger partial charge in [-0.2, -0.15) is 0 Å². The van der Waals surface area contributed by atoms with Gasteiger partial charge in [-0.05, 0) is 38.5 Å². The predicted octanol–water partition coefficient (Wildman–Crippen LogP) is 18.2. The van der Waals surface area contributed by atoms with Crippen LogP contribution >= 0.6 is 7.82 Å². The first kappa shape index (κ1) is 67.7. The number of carbonyl (C=O) groups is 1. The fourth-order valence-corrected chi connectivity index (χ4v) is 9.64. The number of amides is 1. The lowest BCUT2D eigenvalue weighted by atomic mass is 10.0. The first-order valence-electron chi connectivity index (χ1n) is 29.9. The first-order chi connectivity index (χ1) is 33.5. The summed E-state index contributed by atoms with van der Waals surface area (Å²) in [4.78, 5) is 23.2. The van der Waals surface area contributed by atoms with E-state index in [4.69, 9.17) is 9.05 Å². The summed E-state index contributed by atoms with van der Waals surface area (Å²) >= 11 is 0. The SMILES string of the molecule is CCC/C=C/CC/C=C/CC/C=C/C(O)C(COP(=O)(O)OCC[N+](C)(C)C)NC(=O)CCCCCCCCCCCCCCCCCCCCCCCCCCCCCCCCCCCCCC. The lowest BCUT2D eigenvalue weighted by molar-refractivity contribution is -0.870. The molecule has 0 aromatic heterocycles. The minimum Gasteiger partial charge on any atom is -0.387 e. The smallest absolute Gasteiger partial charge is 0.387 e. The highest BCUT2D eigenvalue weighted by Crippen LogP contribution is 2.43. The number of likely N-dealkylation sites (N-methyl/N-ethyl adjacent to an activating group) is 1. The van der Waals surface area contributed by atoms with Crippen molar-refractivity contribution < 1.29 is 32.9 Å². The van der Waals surface area contributed by atoms with Crippen LogP contribution in [0.25, 0.3) is 0 Å². The van der Waals surface area contributed by atoms with E-state index < -0.39 is 20.0 Å². The van der Waals surface area contributed by atoms with Crippen molar-refractivity contribution in [3.8, 4) is 0 Å². The number of quaternary nitrogens is 1. The molecule has 0 aliphatic heterocycles. The Bertz CT molecular complexity index is 1220. The van der Waals surface area contributed by atoms with Crippen molar-refractivity contribution in [2.24, 2.45) is 0 Å². The molecule has 0 rings (SSSR count). The van der Waals surface area contributed by atoms with Crippen LogP contribution in [0.2, 0.25) is 0 Å². The van der Waals surface area contributed by atoms with Crippen molar-refractivity contribution in [3.63, 3.8) is 0 Å². The summed E-state index contributed by atoms with van der Waals surface area (Å²) in [6.45, 7) is 4.73. The normalized spacial score (nSPS) is 14.1. The van der Waals surface area contributed by atoms with Gasteiger partial charge in [-0.25, -0.2) is 4.57 Å². The Balaban J connectivity index is 3.87. The highest BCUT2D eigenvalue weighted by molar-refractivity contribution is 7.47. The molecule has 0 heterocycles. The Labute approximate surface area is 429 Å². The Morgan fingerprint density at radius 1 is 0.478 bits per heavy atom. The van der Waals surface area contributed by atoms with Gasteiger partial charge in [0.2, 0.25) is 5.91 Å². The van der Waals surface area contributed by atoms with Crippen LogP contribution < -0.4 is 5.32 Å². The van der Waals surface area contributed by atoms with E-state index in [-0.39, 0.29) is 19.1 Å². The molecule has 0 saturated carbocycles. The molecule has 3 atom stereocenters. The molecule has 1 amide bonds. The van der Waals surface area contributed by atoms with Crippen LogP contribution in [0.3, 0.4) is 0 Å². The van der Waals surface area contributed by atoms with Gasteiger partial charge in [-0.15, -0.1) is 0 Å². The molecule has 69 heavy (non-hydrogen) atoms. The van der Waals surface area contributed by atoms with Crippen LogP contribution in [0.15, 0.2) is 36.5 Å². The van der Waals surface area contributed by atoms with Crippen molar-refractivity contribution in [3.05, 3.63) is 36.5 Å². The number of phosphoric acid groups is 1. The molecule has 8 nitrogen and oxygen atoms in total. The lowest BCUT2D eigenvalue weighted by Gasteiger charge is -2.25. The second-order valence-electron chi connectivity index (χ2n) is 21.7. The van der Waals surface area contributed by atoms with Gasteiger partial charge in [0.1, 0.15) is 13.2 Å². The summed E-state index contributed by atoms with van der Waals surface area (Å²) in [5.41, 5.74) is 0. The second kappa shape index (κ2) is 51.6. The molecule has 3 unspecified atom stereocenters. The number of carbonyl (C=O) groups excluding carboxylic acids is 1. The summed E-state index contributed by atoms with van der Waals surface area (Å²) < 4.78 is 23.6. The van der Waals surface area contributed by atoms with E-state index in [2.05, 4.69) is 43.5 Å². The largest absolute Gasteiger partial charge is 0.472 e. The van der Waals surface area contributed by atoms with E-state index in [0.717, 1.165) is 51.4 Å². The zero-order valence-electron chi connectivity index (χ0n) is 46.6. The van der Waals surface area contributed by atoms with Gasteiger partial charge in [0.15, 0.2) is 0 Å². The summed E-state index contributed by atoms with van der Waals surface area (Å²) in [5.74, 6) is -0.188. The zero-order valence-corrected chi connectivity index (χ0v) is 47.5. The van der Waals surface area contributed by atoms with E-state index in [1.807, 2.05) is 27.2 Å². The van der Waals surface area contributed by atoms with Crippen LogP contribution in [-0.4, -0.2) is 73.4 Å². The lowest BCUT2D eigenvalue weighted by Crippen LogP contribution is -2.45. The third-order valence-electron chi connectivity index (χ3n) is 13.6. The number of aliphatic hydroxyl groups excluding tert-OH is 1. The molecule has 0 aromatic rings. The third-order valence-corrected chi connectivity index (χ3v) is 14.6. The molecular weight excluding hydrogens is 876 g/mol. The van der Waals surface area contributed by atoms with E-state index in [0.29, 0.717) is 17.4 Å². The van der Waals surface area contributed by atoms with Gasteiger partial charge < -0.3 is 19.8 Å². The second-order valence-corrected chi connectivity index (χ2v) is 23.2. The third kappa shape index (κ3) is 54.3. The molecule has 0 aromatic carbocycles. The number of nitrogens with one attached hydrogen (secondary N) is 1. The fraction of sp³-hybridized carbons (Fsp3) is 0.883. The van der Waals surface area contributed by atoms with E-state index >= 15 is 0 Å². The number of nitrogens with zero attached hydrogens (tertiary/aromatic N) is 1. The first-order valence-corrected chi connectivity index (χ1v) is 31.4. The fourth-order valence-electron chi connectivity index (χ4n) is 8.91. The van der Waals surface area contributed by atoms with Gasteiger partial charge in [-0.1, -0.05) is 281 Å². The topological polar surface area (TPSA) is 105 Å². The monoisotopic (exact) mass is 994 g/mol. The molecular formula is C60H118N2O6P+. The Kier molecular flexibility index (Phi) is 50.7. The number of aliphatic hydroxyl groups is 1. The van der Waals surface area contributed by atoms with Crippen molar-refractivity contribution in [1.82, 2.24) is 5.32 Å². The van der Waals surface area contributed by atoms with Crippen LogP contribution in [-0.2, 0) is 18.4 Å². The molecule has 0 radical (unpaired) electrons. The maximum atomic E-state index is 12.9. The molecule has 0 bridgehead atoms. The van der Waals surface area contributed by atoms with Crippen LogP contribution in [0, 0.1) is 0 Å². The molecule has 0 aliphatic carbocycles. The quantitative estimate of drug-likeness (QED) is 0.0243. The molecule has 408 valence electrons. The van der Waals surface area contributed by atoms with Crippen molar-refractivity contribution in [2.75, 3.05) is 40.9 Å². The Hall–Kier alpha value is -1.28. The average molecular weight is 995 g/mol.